The number of fused-ring (bicyclic) bond motifs is 15. The molecule has 0 bridgehead atoms. The second-order valence-electron chi connectivity index (χ2n) is 44.3. The molecule has 17 rings (SSSR count). The monoisotopic (exact) mass is 1860 g/mol. The molecule has 0 fully saturated rings. The Bertz CT molecular complexity index is 6790. The fourth-order valence-corrected chi connectivity index (χ4v) is 19.2. The van der Waals surface area contributed by atoms with Crippen LogP contribution >= 0.6 is 11.3 Å². The first-order valence-corrected chi connectivity index (χ1v) is 50.6. The number of hydrogen-bond donors (Lipinski definition) is 0. The highest BCUT2D eigenvalue weighted by atomic mass is 32.1. The van der Waals surface area contributed by atoms with Gasteiger partial charge in [0, 0.05) is 152 Å². The van der Waals surface area contributed by atoms with Gasteiger partial charge in [-0.25, -0.2) is 0 Å². The molecule has 3 heterocycles. The molecule has 14 aromatic carbocycles. The average Bonchev–Trinajstić information content (AvgIpc) is 1.11. The third-order valence-corrected chi connectivity index (χ3v) is 26.6. The molecule has 10 heteroatoms. The highest BCUT2D eigenvalue weighted by molar-refractivity contribution is 7.24. The molecular weight excluding hydrogens is 1700 g/mol. The van der Waals surface area contributed by atoms with Gasteiger partial charge in [0.1, 0.15) is 0 Å². The van der Waals surface area contributed by atoms with Crippen LogP contribution in [-0.2, 0) is 16.6 Å². The van der Waals surface area contributed by atoms with Gasteiger partial charge in [-0.05, 0) is 353 Å². The maximum absolute atomic E-state index is 2.50. The van der Waals surface area contributed by atoms with Crippen LogP contribution in [0.25, 0.3) is 113 Å². The number of nitrogens with zero attached hydrogens (tertiary/aromatic N) is 9. The van der Waals surface area contributed by atoms with E-state index in [-0.39, 0.29) is 27.7 Å². The molecule has 17 aromatic rings. The Morgan fingerprint density at radius 2 is 0.457 bits per heavy atom. The van der Waals surface area contributed by atoms with Crippen molar-refractivity contribution in [2.75, 3.05) is 38.0 Å². The van der Waals surface area contributed by atoms with E-state index in [9.17, 15) is 0 Å². The lowest BCUT2D eigenvalue weighted by Gasteiger charge is -2.37. The summed E-state index contributed by atoms with van der Waals surface area (Å²) in [6.45, 7) is 65.0. The Balaban J connectivity index is 0.000000171. The molecule has 0 aliphatic rings. The minimum atomic E-state index is -0.0964. The van der Waals surface area contributed by atoms with E-state index in [2.05, 4.69) is 630 Å². The Labute approximate surface area is 834 Å². The molecule has 0 aliphatic carbocycles. The first-order valence-electron chi connectivity index (χ1n) is 49.8. The lowest BCUT2D eigenvalue weighted by atomic mass is 10.0. The summed E-state index contributed by atoms with van der Waals surface area (Å²) in [5, 5.41) is 12.7. The minimum absolute atomic E-state index is 0.0148. The highest BCUT2D eigenvalue weighted by Crippen LogP contribution is 2.40. The van der Waals surface area contributed by atoms with Gasteiger partial charge in [-0.1, -0.05) is 255 Å². The van der Waals surface area contributed by atoms with Crippen molar-refractivity contribution in [2.45, 2.75) is 264 Å². The summed E-state index contributed by atoms with van der Waals surface area (Å²) in [6.07, 6.45) is 0. The predicted molar refractivity (Wildman–Crippen MR) is 616 cm³/mol. The van der Waals surface area contributed by atoms with E-state index in [0.717, 1.165) is 5.69 Å². The van der Waals surface area contributed by atoms with Crippen LogP contribution < -0.4 is 9.80 Å². The van der Waals surface area contributed by atoms with Gasteiger partial charge in [-0.3, -0.25) is 9.80 Å². The summed E-state index contributed by atoms with van der Waals surface area (Å²) in [7, 11) is 8.44. The van der Waals surface area contributed by atoms with Crippen molar-refractivity contribution in [3.8, 4) is 5.69 Å². The highest BCUT2D eigenvalue weighted by Gasteiger charge is 2.27. The van der Waals surface area contributed by atoms with Crippen LogP contribution in [0.5, 0.6) is 0 Å². The second-order valence-corrected chi connectivity index (χ2v) is 45.4. The van der Waals surface area contributed by atoms with E-state index in [1.54, 1.807) is 0 Å². The first kappa shape index (κ1) is 108. The molecule has 9 nitrogen and oxygen atoms in total. The molecule has 0 amide bonds. The molecule has 0 saturated heterocycles. The fourth-order valence-electron chi connectivity index (χ4n) is 18.1. The number of anilines is 3. The Morgan fingerprint density at radius 3 is 0.768 bits per heavy atom. The van der Waals surface area contributed by atoms with Gasteiger partial charge in [0.05, 0.1) is 26.8 Å². The smallest absolute Gasteiger partial charge is 0.0699 e. The van der Waals surface area contributed by atoms with E-state index in [1.165, 1.54) is 124 Å². The number of para-hydroxylation sites is 12. The topological polar surface area (TPSA) is 35.9 Å². The zero-order valence-electron chi connectivity index (χ0n) is 89.9. The molecule has 138 heavy (non-hydrogen) atoms. The van der Waals surface area contributed by atoms with Crippen molar-refractivity contribution >= 4 is 136 Å². The molecule has 0 radical (unpaired) electrons. The third kappa shape index (κ3) is 27.7. The Hall–Kier alpha value is -12.0. The third-order valence-electron chi connectivity index (χ3n) is 25.4. The van der Waals surface area contributed by atoms with E-state index in [0.29, 0.717) is 35.2 Å². The molecular formula is C128H163N9S. The molecule has 3 aromatic heterocycles. The fraction of sp³-hybridized carbons (Fsp3) is 0.344. The summed E-state index contributed by atoms with van der Waals surface area (Å²) >= 11 is 1.86. The molecule has 0 saturated carbocycles. The van der Waals surface area contributed by atoms with Crippen molar-refractivity contribution in [3.05, 3.63) is 364 Å². The lowest BCUT2D eigenvalue weighted by Crippen LogP contribution is -2.42. The number of hydrogen-bond acceptors (Lipinski definition) is 6. The SMILES string of the molecule is CC(C)(C)N(c1ccccc1)c1ccccc1.CC(C)(C)n1c2ccccc2c2ccccc2c2ccccc2c2ccccc21.CC(C)(C)n1c2ccccc2c2ccccc2n(-c2ccccc2)c2ccccc21.CC(C)(C)n1c2ccccc2sc2ccccc2c2ccccc21.CC(C)N(C(C)C)C(C)C.CC(C)N(C)C(C)(C)C.CN(C)C(C)(C)C.CN(c1ccccc1)C(C)(C)C. The second kappa shape index (κ2) is 47.1. The minimum Gasteiger partial charge on any atom is -0.370 e. The summed E-state index contributed by atoms with van der Waals surface area (Å²) in [5.41, 5.74) is 15.4. The predicted octanol–water partition coefficient (Wildman–Crippen LogP) is 36.0. The van der Waals surface area contributed by atoms with Gasteiger partial charge in [-0.2, -0.15) is 0 Å². The maximum atomic E-state index is 2.50. The molecule has 726 valence electrons. The van der Waals surface area contributed by atoms with Gasteiger partial charge in [0.15, 0.2) is 0 Å². The average molecular weight is 1860 g/mol. The zero-order chi connectivity index (χ0) is 101. The van der Waals surface area contributed by atoms with E-state index in [1.807, 2.05) is 17.4 Å². The van der Waals surface area contributed by atoms with Crippen LogP contribution in [0.3, 0.4) is 0 Å². The van der Waals surface area contributed by atoms with Crippen molar-refractivity contribution in [2.24, 2.45) is 0 Å². The molecule has 0 aliphatic heterocycles. The summed E-state index contributed by atoms with van der Waals surface area (Å²) in [5.74, 6) is 0. The van der Waals surface area contributed by atoms with Crippen LogP contribution in [0.15, 0.2) is 364 Å². The quantitative estimate of drug-likeness (QED) is 0.152. The molecule has 0 unspecified atom stereocenters. The molecule has 0 spiro atoms. The van der Waals surface area contributed by atoms with E-state index in [4.69, 9.17) is 0 Å². The summed E-state index contributed by atoms with van der Waals surface area (Å²) < 4.78 is 12.4. The van der Waals surface area contributed by atoms with Crippen LogP contribution in [-0.4, -0.2) is 107 Å². The summed E-state index contributed by atoms with van der Waals surface area (Å²) in [6, 6.07) is 132. The van der Waals surface area contributed by atoms with Crippen LogP contribution in [0.4, 0.5) is 17.1 Å². The first-order chi connectivity index (χ1) is 65.0. The molecule has 0 atom stereocenters. The lowest BCUT2D eigenvalue weighted by molar-refractivity contribution is 0.133. The van der Waals surface area contributed by atoms with Crippen molar-refractivity contribution < 1.29 is 0 Å². The van der Waals surface area contributed by atoms with Gasteiger partial charge < -0.3 is 33.0 Å². The van der Waals surface area contributed by atoms with Gasteiger partial charge in [0.25, 0.3) is 0 Å². The van der Waals surface area contributed by atoms with Gasteiger partial charge >= 0.3 is 0 Å². The van der Waals surface area contributed by atoms with E-state index >= 15 is 0 Å². The normalized spacial score (nSPS) is 12.0. The standard InChI is InChI=1S/C28H26N2.C28H25N.C22H21NS.C16H19N.C11H17N.C9H21N.C8H19N.C6H15N/c1-28(2,3)30-25-18-10-8-16-23(25)22-15-7-9-17-24(22)29(21-13-5-4-6-14-21)26-19-11-12-20-27(26)30;1-28(2,3)29-26-18-10-8-16-24(26)22-14-6-4-12-20(22)21-13-5-7-15-23(21)25-17-9-11-19-27(25)29;1-22(2,3)23-18-12-6-4-10-16(18)17-11-5-8-14-20(17)24-21-15-9-7-13-19(21)23;1-16(2,3)17(14-10-6-4-7-11-14)15-12-8-5-9-13-15;1-11(2,3)12(4)10-8-6-5-7-9-10;1-7(2)10(8(3)4)9(5)6;1-7(2)9(6)8(3,4)5;1-6(2,3)7(4)5/h4-20H,1-3H3;4-19H,1-3H3;4-15H,1-3H3;4-13H,1-3H3;5-9H,1-4H3;7-9H,1-6H3;7H,1-6H3;1-5H3. The molecule has 0 N–H and O–H groups in total. The van der Waals surface area contributed by atoms with Crippen molar-refractivity contribution in [1.29, 1.82) is 0 Å². The summed E-state index contributed by atoms with van der Waals surface area (Å²) in [4.78, 5) is 11.7. The van der Waals surface area contributed by atoms with Crippen molar-refractivity contribution in [3.63, 3.8) is 0 Å². The largest absolute Gasteiger partial charge is 0.370 e. The number of rotatable bonds is 8. The number of benzene rings is 14. The maximum Gasteiger partial charge on any atom is 0.0699 e. The van der Waals surface area contributed by atoms with Crippen LogP contribution in [0, 0.1) is 0 Å². The van der Waals surface area contributed by atoms with Crippen LogP contribution in [0.2, 0.25) is 0 Å². The van der Waals surface area contributed by atoms with Gasteiger partial charge in [0.2, 0.25) is 0 Å². The zero-order valence-corrected chi connectivity index (χ0v) is 90.7. The van der Waals surface area contributed by atoms with E-state index < -0.39 is 0 Å². The van der Waals surface area contributed by atoms with Crippen LogP contribution in [0.1, 0.15) is 201 Å². The Kier molecular flexibility index (Phi) is 36.9. The Morgan fingerprint density at radius 1 is 0.210 bits per heavy atom. The number of aromatic nitrogens is 4. The van der Waals surface area contributed by atoms with Crippen molar-refractivity contribution in [1.82, 2.24) is 33.0 Å². The van der Waals surface area contributed by atoms with Gasteiger partial charge in [-0.15, -0.1) is 11.3 Å².